The van der Waals surface area contributed by atoms with E-state index in [-0.39, 0.29) is 12.1 Å². The minimum absolute atomic E-state index is 0.0198. The topological polar surface area (TPSA) is 29.9 Å². The molecule has 1 aromatic heterocycles. The summed E-state index contributed by atoms with van der Waals surface area (Å²) in [7, 11) is 0. The van der Waals surface area contributed by atoms with E-state index in [1.807, 2.05) is 6.92 Å². The Balaban J connectivity index is 2.16. The molecule has 3 atom stereocenters. The van der Waals surface area contributed by atoms with Gasteiger partial charge >= 0.3 is 6.18 Å². The van der Waals surface area contributed by atoms with Crippen LogP contribution in [0.5, 0.6) is 0 Å². The highest BCUT2D eigenvalue weighted by atomic mass is 19.4. The number of halogens is 3. The van der Waals surface area contributed by atoms with Crippen molar-refractivity contribution in [1.29, 1.82) is 0 Å². The van der Waals surface area contributed by atoms with Gasteiger partial charge in [-0.25, -0.2) is 0 Å². The number of aromatic nitrogens is 2. The van der Waals surface area contributed by atoms with Crippen LogP contribution in [-0.2, 0) is 6.18 Å². The molecule has 0 aromatic carbocycles. The van der Waals surface area contributed by atoms with Crippen LogP contribution in [0.2, 0.25) is 0 Å². The molecule has 1 aromatic rings. The lowest BCUT2D eigenvalue weighted by Gasteiger charge is -2.36. The average molecular weight is 303 g/mol. The van der Waals surface area contributed by atoms with Gasteiger partial charge in [0.25, 0.3) is 0 Å². The van der Waals surface area contributed by atoms with Crippen molar-refractivity contribution in [2.24, 2.45) is 5.92 Å². The molecule has 0 amide bonds. The first kappa shape index (κ1) is 16.3. The largest absolute Gasteiger partial charge is 0.419 e. The van der Waals surface area contributed by atoms with Gasteiger partial charge in [-0.2, -0.15) is 18.3 Å². The summed E-state index contributed by atoms with van der Waals surface area (Å²) in [6.07, 6.45) is 3.10. The first-order valence-electron chi connectivity index (χ1n) is 7.80. The van der Waals surface area contributed by atoms with Gasteiger partial charge < -0.3 is 5.32 Å². The van der Waals surface area contributed by atoms with Gasteiger partial charge in [0.15, 0.2) is 0 Å². The van der Waals surface area contributed by atoms with Gasteiger partial charge in [0.2, 0.25) is 0 Å². The molecule has 1 aliphatic carbocycles. The van der Waals surface area contributed by atoms with Crippen LogP contribution >= 0.6 is 0 Å². The first-order valence-corrected chi connectivity index (χ1v) is 7.80. The summed E-state index contributed by atoms with van der Waals surface area (Å²) >= 11 is 0. The van der Waals surface area contributed by atoms with Gasteiger partial charge in [0, 0.05) is 12.2 Å². The summed E-state index contributed by atoms with van der Waals surface area (Å²) in [5.41, 5.74) is -0.657. The van der Waals surface area contributed by atoms with E-state index in [1.165, 1.54) is 4.68 Å². The molecular formula is C15H24F3N3. The SMILES string of the molecule is CCCC1CCC(NCC)C(n2cc(C(F)(F)F)cn2)C1. The number of nitrogens with one attached hydrogen (secondary N) is 1. The molecule has 1 saturated carbocycles. The maximum absolute atomic E-state index is 12.7. The molecule has 2 rings (SSSR count). The van der Waals surface area contributed by atoms with Crippen molar-refractivity contribution in [3.8, 4) is 0 Å². The van der Waals surface area contributed by atoms with E-state index in [9.17, 15) is 13.2 Å². The normalized spacial score (nSPS) is 27.0. The Labute approximate surface area is 123 Å². The van der Waals surface area contributed by atoms with Gasteiger partial charge in [0.1, 0.15) is 0 Å². The molecule has 120 valence electrons. The predicted molar refractivity (Wildman–Crippen MR) is 76.0 cm³/mol. The quantitative estimate of drug-likeness (QED) is 0.890. The number of alkyl halides is 3. The number of rotatable bonds is 5. The van der Waals surface area contributed by atoms with Crippen LogP contribution < -0.4 is 5.32 Å². The van der Waals surface area contributed by atoms with Crippen LogP contribution in [0.25, 0.3) is 0 Å². The minimum Gasteiger partial charge on any atom is -0.312 e. The summed E-state index contributed by atoms with van der Waals surface area (Å²) < 4.78 is 39.8. The highest BCUT2D eigenvalue weighted by Crippen LogP contribution is 2.36. The van der Waals surface area contributed by atoms with E-state index < -0.39 is 11.7 Å². The summed E-state index contributed by atoms with van der Waals surface area (Å²) in [5, 5.41) is 7.39. The zero-order valence-electron chi connectivity index (χ0n) is 12.7. The third kappa shape index (κ3) is 3.99. The molecule has 0 radical (unpaired) electrons. The van der Waals surface area contributed by atoms with Gasteiger partial charge in [-0.1, -0.05) is 26.7 Å². The van der Waals surface area contributed by atoms with Crippen molar-refractivity contribution >= 4 is 0 Å². The van der Waals surface area contributed by atoms with E-state index in [4.69, 9.17) is 0 Å². The third-order valence-electron chi connectivity index (χ3n) is 4.36. The number of hydrogen-bond donors (Lipinski definition) is 1. The van der Waals surface area contributed by atoms with Crippen LogP contribution in [0.1, 0.15) is 57.6 Å². The summed E-state index contributed by atoms with van der Waals surface area (Å²) in [6, 6.07) is 0.232. The van der Waals surface area contributed by atoms with Crippen molar-refractivity contribution in [1.82, 2.24) is 15.1 Å². The Morgan fingerprint density at radius 2 is 2.10 bits per heavy atom. The Kier molecular flexibility index (Phi) is 5.30. The van der Waals surface area contributed by atoms with Gasteiger partial charge in [-0.3, -0.25) is 4.68 Å². The molecule has 21 heavy (non-hydrogen) atoms. The van der Waals surface area contributed by atoms with Crippen molar-refractivity contribution in [3.05, 3.63) is 18.0 Å². The van der Waals surface area contributed by atoms with Crippen molar-refractivity contribution in [2.45, 2.75) is 64.2 Å². The van der Waals surface area contributed by atoms with E-state index >= 15 is 0 Å². The van der Waals surface area contributed by atoms with Crippen LogP contribution in [0, 0.1) is 5.92 Å². The Morgan fingerprint density at radius 1 is 1.33 bits per heavy atom. The first-order chi connectivity index (χ1) is 9.95. The lowest BCUT2D eigenvalue weighted by Crippen LogP contribution is -2.42. The Morgan fingerprint density at radius 3 is 2.67 bits per heavy atom. The Hall–Kier alpha value is -1.04. The maximum atomic E-state index is 12.7. The second-order valence-electron chi connectivity index (χ2n) is 5.91. The van der Waals surface area contributed by atoms with Crippen molar-refractivity contribution in [2.75, 3.05) is 6.54 Å². The molecule has 0 aliphatic heterocycles. The standard InChI is InChI=1S/C15H24F3N3/c1-3-5-11-6-7-13(19-4-2)14(8-11)21-10-12(9-20-21)15(16,17)18/h9-11,13-14,19H,3-8H2,1-2H3. The maximum Gasteiger partial charge on any atom is 0.419 e. The summed E-state index contributed by atoms with van der Waals surface area (Å²) in [5.74, 6) is 0.591. The predicted octanol–water partition coefficient (Wildman–Crippen LogP) is 4.02. The highest BCUT2D eigenvalue weighted by Gasteiger charge is 2.35. The van der Waals surface area contributed by atoms with E-state index in [1.54, 1.807) is 0 Å². The van der Waals surface area contributed by atoms with E-state index in [0.29, 0.717) is 5.92 Å². The molecule has 1 fully saturated rings. The van der Waals surface area contributed by atoms with Crippen LogP contribution in [-0.4, -0.2) is 22.4 Å². The van der Waals surface area contributed by atoms with Crippen molar-refractivity contribution in [3.63, 3.8) is 0 Å². The fraction of sp³-hybridized carbons (Fsp3) is 0.800. The second kappa shape index (κ2) is 6.81. The molecule has 3 unspecified atom stereocenters. The lowest BCUT2D eigenvalue weighted by atomic mass is 9.80. The molecule has 0 bridgehead atoms. The lowest BCUT2D eigenvalue weighted by molar-refractivity contribution is -0.137. The zero-order chi connectivity index (χ0) is 15.5. The molecule has 0 saturated heterocycles. The average Bonchev–Trinajstić information content (AvgIpc) is 2.90. The van der Waals surface area contributed by atoms with E-state index in [0.717, 1.165) is 51.0 Å². The highest BCUT2D eigenvalue weighted by molar-refractivity contribution is 5.09. The van der Waals surface area contributed by atoms with Gasteiger partial charge in [-0.15, -0.1) is 0 Å². The van der Waals surface area contributed by atoms with Crippen molar-refractivity contribution < 1.29 is 13.2 Å². The minimum atomic E-state index is -4.32. The third-order valence-corrected chi connectivity index (χ3v) is 4.36. The fourth-order valence-corrected chi connectivity index (χ4v) is 3.36. The van der Waals surface area contributed by atoms with Gasteiger partial charge in [0.05, 0.1) is 17.8 Å². The molecule has 1 N–H and O–H groups in total. The smallest absolute Gasteiger partial charge is 0.312 e. The van der Waals surface area contributed by atoms with E-state index in [2.05, 4.69) is 17.3 Å². The molecular weight excluding hydrogens is 279 g/mol. The number of hydrogen-bond acceptors (Lipinski definition) is 2. The molecule has 3 nitrogen and oxygen atoms in total. The molecule has 1 aliphatic rings. The number of nitrogens with zero attached hydrogens (tertiary/aromatic N) is 2. The fourth-order valence-electron chi connectivity index (χ4n) is 3.36. The molecule has 0 spiro atoms. The van der Waals surface area contributed by atoms with Crippen LogP contribution in [0.4, 0.5) is 13.2 Å². The van der Waals surface area contributed by atoms with Crippen LogP contribution in [0.3, 0.4) is 0 Å². The summed E-state index contributed by atoms with van der Waals surface area (Å²) in [6.45, 7) is 5.01. The zero-order valence-corrected chi connectivity index (χ0v) is 12.7. The van der Waals surface area contributed by atoms with Crippen LogP contribution in [0.15, 0.2) is 12.4 Å². The van der Waals surface area contributed by atoms with Gasteiger partial charge in [-0.05, 0) is 31.7 Å². The second-order valence-corrected chi connectivity index (χ2v) is 5.91. The molecule has 6 heteroatoms. The summed E-state index contributed by atoms with van der Waals surface area (Å²) in [4.78, 5) is 0. The Bertz CT molecular complexity index is 442. The molecule has 1 heterocycles. The number of likely N-dealkylation sites (N-methyl/N-ethyl adjacent to an activating group) is 1. The monoisotopic (exact) mass is 303 g/mol.